The second-order valence-electron chi connectivity index (χ2n) is 8.48. The number of halogens is 2. The molecule has 1 saturated heterocycles. The van der Waals surface area contributed by atoms with E-state index in [1.54, 1.807) is 12.1 Å². The van der Waals surface area contributed by atoms with E-state index >= 15 is 0 Å². The summed E-state index contributed by atoms with van der Waals surface area (Å²) in [6.07, 6.45) is 3.25. The Bertz CT molecular complexity index is 901. The number of carbonyl (C=O) groups is 2. The van der Waals surface area contributed by atoms with Crippen molar-refractivity contribution >= 4 is 11.8 Å². The van der Waals surface area contributed by atoms with E-state index < -0.39 is 6.61 Å². The number of alkyl halides is 2. The number of hydrogen-bond acceptors (Lipinski definition) is 4. The Morgan fingerprint density at radius 3 is 2.38 bits per heavy atom. The van der Waals surface area contributed by atoms with Crippen molar-refractivity contribution in [3.8, 4) is 5.75 Å². The van der Waals surface area contributed by atoms with Gasteiger partial charge in [0.1, 0.15) is 5.75 Å². The average molecular weight is 474 g/mol. The number of piperidine rings is 1. The number of carbonyl (C=O) groups excluding carboxylic acids is 2. The first-order chi connectivity index (χ1) is 16.5. The fraction of sp³-hybridized carbons (Fsp3) is 0.462. The van der Waals surface area contributed by atoms with E-state index in [2.05, 4.69) is 21.9 Å². The van der Waals surface area contributed by atoms with Crippen molar-refractivity contribution in [1.29, 1.82) is 0 Å². The quantitative estimate of drug-likeness (QED) is 0.537. The van der Waals surface area contributed by atoms with Gasteiger partial charge in [-0.1, -0.05) is 37.3 Å². The topological polar surface area (TPSA) is 61.9 Å². The molecule has 6 nitrogen and oxygen atoms in total. The zero-order valence-electron chi connectivity index (χ0n) is 19.6. The Morgan fingerprint density at radius 1 is 1.09 bits per heavy atom. The molecule has 1 aliphatic rings. The molecule has 2 aromatic carbocycles. The molecule has 1 N–H and O–H groups in total. The first-order valence-corrected chi connectivity index (χ1v) is 11.8. The van der Waals surface area contributed by atoms with Crippen molar-refractivity contribution in [2.24, 2.45) is 0 Å². The number of amides is 2. The van der Waals surface area contributed by atoms with E-state index in [9.17, 15) is 18.4 Å². The van der Waals surface area contributed by atoms with Gasteiger partial charge in [0.15, 0.2) is 0 Å². The highest BCUT2D eigenvalue weighted by Crippen LogP contribution is 2.19. The summed E-state index contributed by atoms with van der Waals surface area (Å²) in [5.74, 6) is 0.149. The number of hydrogen-bond donors (Lipinski definition) is 1. The van der Waals surface area contributed by atoms with Crippen LogP contribution in [-0.4, -0.2) is 67.0 Å². The molecule has 0 spiro atoms. The molecule has 0 radical (unpaired) electrons. The van der Waals surface area contributed by atoms with Gasteiger partial charge in [-0.05, 0) is 62.1 Å². The molecule has 2 aromatic rings. The summed E-state index contributed by atoms with van der Waals surface area (Å²) in [6.45, 7) is 2.26. The van der Waals surface area contributed by atoms with Crippen LogP contribution in [0.4, 0.5) is 8.78 Å². The lowest BCUT2D eigenvalue weighted by Crippen LogP contribution is -2.49. The molecule has 0 atom stereocenters. The molecule has 34 heavy (non-hydrogen) atoms. The third-order valence-corrected chi connectivity index (χ3v) is 6.03. The summed E-state index contributed by atoms with van der Waals surface area (Å²) in [6, 6.07) is 16.0. The Morgan fingerprint density at radius 2 is 1.76 bits per heavy atom. The van der Waals surface area contributed by atoms with Crippen LogP contribution in [0.3, 0.4) is 0 Å². The molecule has 1 heterocycles. The lowest BCUT2D eigenvalue weighted by Gasteiger charge is -2.38. The molecule has 0 unspecified atom stereocenters. The third-order valence-electron chi connectivity index (χ3n) is 6.03. The number of ether oxygens (including phenoxy) is 1. The van der Waals surface area contributed by atoms with Gasteiger partial charge < -0.3 is 15.0 Å². The Kier molecular flexibility index (Phi) is 9.82. The fourth-order valence-corrected chi connectivity index (χ4v) is 4.30. The van der Waals surface area contributed by atoms with Crippen LogP contribution in [0.15, 0.2) is 54.6 Å². The van der Waals surface area contributed by atoms with Crippen LogP contribution in [0.2, 0.25) is 0 Å². The molecule has 0 bridgehead atoms. The molecule has 0 aliphatic carbocycles. The first-order valence-electron chi connectivity index (χ1n) is 11.8. The van der Waals surface area contributed by atoms with Gasteiger partial charge in [-0.2, -0.15) is 8.78 Å². The van der Waals surface area contributed by atoms with Crippen molar-refractivity contribution in [3.05, 3.63) is 65.7 Å². The van der Waals surface area contributed by atoms with Gasteiger partial charge >= 0.3 is 6.61 Å². The predicted octanol–water partition coefficient (Wildman–Crippen LogP) is 3.96. The highest BCUT2D eigenvalue weighted by atomic mass is 19.3. The smallest absolute Gasteiger partial charge is 0.387 e. The number of benzene rings is 2. The highest BCUT2D eigenvalue weighted by Gasteiger charge is 2.28. The summed E-state index contributed by atoms with van der Waals surface area (Å²) in [5.41, 5.74) is 1.64. The van der Waals surface area contributed by atoms with Crippen molar-refractivity contribution in [2.75, 3.05) is 32.7 Å². The molecular formula is C26H33F2N3O3. The lowest BCUT2D eigenvalue weighted by molar-refractivity contribution is -0.123. The van der Waals surface area contributed by atoms with Crippen molar-refractivity contribution < 1.29 is 23.1 Å². The zero-order chi connectivity index (χ0) is 24.3. The number of nitrogens with one attached hydrogen (secondary N) is 1. The predicted molar refractivity (Wildman–Crippen MR) is 127 cm³/mol. The van der Waals surface area contributed by atoms with Gasteiger partial charge in [0.25, 0.3) is 5.91 Å². The zero-order valence-corrected chi connectivity index (χ0v) is 19.6. The maximum absolute atomic E-state index is 12.7. The molecular weight excluding hydrogens is 440 g/mol. The Balaban J connectivity index is 1.42. The van der Waals surface area contributed by atoms with E-state index in [1.807, 2.05) is 35.2 Å². The van der Waals surface area contributed by atoms with Crippen molar-refractivity contribution in [2.45, 2.75) is 45.3 Å². The standard InChI is InChI=1S/C26H33F2N3O3/c1-2-16-31(22-13-17-30(18-14-22)25(33)21-6-4-3-5-7-21)19-24(32)29-15-12-20-8-10-23(11-9-20)34-26(27)28/h3-11,22,26H,2,12-19H2,1H3,(H,29,32). The van der Waals surface area contributed by atoms with Gasteiger partial charge in [-0.25, -0.2) is 0 Å². The highest BCUT2D eigenvalue weighted by molar-refractivity contribution is 5.94. The lowest BCUT2D eigenvalue weighted by atomic mass is 10.0. The molecule has 3 rings (SSSR count). The van der Waals surface area contributed by atoms with Gasteiger partial charge in [-0.15, -0.1) is 0 Å². The maximum atomic E-state index is 12.7. The summed E-state index contributed by atoms with van der Waals surface area (Å²) in [7, 11) is 0. The van der Waals surface area contributed by atoms with E-state index in [0.717, 1.165) is 31.4 Å². The van der Waals surface area contributed by atoms with Crippen LogP contribution in [0.1, 0.15) is 42.1 Å². The first kappa shape index (κ1) is 25.6. The minimum Gasteiger partial charge on any atom is -0.435 e. The number of rotatable bonds is 11. The summed E-state index contributed by atoms with van der Waals surface area (Å²) < 4.78 is 28.8. The summed E-state index contributed by atoms with van der Waals surface area (Å²) in [5, 5.41) is 2.96. The Labute approximate surface area is 199 Å². The van der Waals surface area contributed by atoms with Crippen LogP contribution in [0.25, 0.3) is 0 Å². The number of nitrogens with zero attached hydrogens (tertiary/aromatic N) is 2. The largest absolute Gasteiger partial charge is 0.435 e. The third kappa shape index (κ3) is 7.80. The average Bonchev–Trinajstić information content (AvgIpc) is 2.85. The van der Waals surface area contributed by atoms with E-state index in [4.69, 9.17) is 0 Å². The summed E-state index contributed by atoms with van der Waals surface area (Å²) >= 11 is 0. The SMILES string of the molecule is CCCN(CC(=O)NCCc1ccc(OC(F)F)cc1)C1CCN(C(=O)c2ccccc2)CC1. The van der Waals surface area contributed by atoms with Gasteiger partial charge in [0.2, 0.25) is 5.91 Å². The van der Waals surface area contributed by atoms with Crippen LogP contribution in [0, 0.1) is 0 Å². The number of likely N-dealkylation sites (tertiary alicyclic amines) is 1. The Hall–Kier alpha value is -3.00. The normalized spacial score (nSPS) is 14.4. The molecule has 1 fully saturated rings. The maximum Gasteiger partial charge on any atom is 0.387 e. The van der Waals surface area contributed by atoms with Gasteiger partial charge in [0, 0.05) is 31.2 Å². The molecule has 1 aliphatic heterocycles. The molecule has 0 saturated carbocycles. The molecule has 184 valence electrons. The summed E-state index contributed by atoms with van der Waals surface area (Å²) in [4.78, 5) is 29.4. The second kappa shape index (κ2) is 13.0. The fourth-order valence-electron chi connectivity index (χ4n) is 4.30. The van der Waals surface area contributed by atoms with E-state index in [-0.39, 0.29) is 23.6 Å². The van der Waals surface area contributed by atoms with E-state index in [0.29, 0.717) is 38.2 Å². The van der Waals surface area contributed by atoms with Crippen LogP contribution >= 0.6 is 0 Å². The van der Waals surface area contributed by atoms with Crippen LogP contribution in [-0.2, 0) is 11.2 Å². The molecule has 8 heteroatoms. The molecule has 2 amide bonds. The minimum absolute atomic E-state index is 0.0334. The van der Waals surface area contributed by atoms with Crippen molar-refractivity contribution in [3.63, 3.8) is 0 Å². The second-order valence-corrected chi connectivity index (χ2v) is 8.48. The van der Waals surface area contributed by atoms with E-state index in [1.165, 1.54) is 12.1 Å². The minimum atomic E-state index is -2.84. The van der Waals surface area contributed by atoms with Gasteiger partial charge in [-0.3, -0.25) is 14.5 Å². The monoisotopic (exact) mass is 473 g/mol. The van der Waals surface area contributed by atoms with Crippen LogP contribution < -0.4 is 10.1 Å². The van der Waals surface area contributed by atoms with Gasteiger partial charge in [0.05, 0.1) is 6.54 Å². The molecule has 0 aromatic heterocycles. The van der Waals surface area contributed by atoms with Crippen LogP contribution in [0.5, 0.6) is 5.75 Å². The van der Waals surface area contributed by atoms with Crippen molar-refractivity contribution in [1.82, 2.24) is 15.1 Å².